The highest BCUT2D eigenvalue weighted by molar-refractivity contribution is 6.04. The van der Waals surface area contributed by atoms with Gasteiger partial charge in [-0.25, -0.2) is 18.4 Å². The minimum atomic E-state index is -2.57. The number of ether oxygens (including phenoxy) is 1. The summed E-state index contributed by atoms with van der Waals surface area (Å²) in [6.07, 6.45) is 0.537. The van der Waals surface area contributed by atoms with E-state index in [4.69, 9.17) is 4.74 Å². The van der Waals surface area contributed by atoms with Gasteiger partial charge in [-0.15, -0.1) is 0 Å². The van der Waals surface area contributed by atoms with Crippen LogP contribution in [0.1, 0.15) is 23.3 Å². The smallest absolute Gasteiger partial charge is 0.272 e. The third kappa shape index (κ3) is 3.16. The lowest BCUT2D eigenvalue weighted by molar-refractivity contribution is -0.0670. The molecule has 0 aliphatic carbocycles. The summed E-state index contributed by atoms with van der Waals surface area (Å²) in [6, 6.07) is 3.93. The molecule has 2 saturated heterocycles. The molecule has 0 radical (unpaired) electrons. The van der Waals surface area contributed by atoms with Crippen molar-refractivity contribution >= 4 is 16.9 Å². The first-order valence-corrected chi connectivity index (χ1v) is 8.73. The minimum absolute atomic E-state index is 0.0181. The van der Waals surface area contributed by atoms with Gasteiger partial charge in [-0.3, -0.25) is 9.69 Å². The Bertz CT molecular complexity index is 798. The summed E-state index contributed by atoms with van der Waals surface area (Å²) in [5.74, 6) is -0.343. The predicted octanol–water partition coefficient (Wildman–Crippen LogP) is 1.29. The van der Waals surface area contributed by atoms with Crippen LogP contribution in [0.4, 0.5) is 8.78 Å². The van der Waals surface area contributed by atoms with Crippen molar-refractivity contribution in [2.75, 3.05) is 20.3 Å². The molecule has 2 unspecified atom stereocenters. The molecule has 2 aromatic rings. The van der Waals surface area contributed by atoms with Gasteiger partial charge in [-0.1, -0.05) is 0 Å². The van der Waals surface area contributed by atoms with E-state index in [1.54, 1.807) is 12.1 Å². The Morgan fingerprint density at radius 1 is 1.38 bits per heavy atom. The largest absolute Gasteiger partial charge is 0.378 e. The zero-order valence-electron chi connectivity index (χ0n) is 14.4. The average Bonchev–Trinajstić information content (AvgIpc) is 2.94. The van der Waals surface area contributed by atoms with Crippen LogP contribution in [0.3, 0.4) is 0 Å². The molecule has 4 rings (SSSR count). The van der Waals surface area contributed by atoms with Gasteiger partial charge in [0.25, 0.3) is 12.3 Å². The second kappa shape index (κ2) is 6.88. The first-order chi connectivity index (χ1) is 12.5. The van der Waals surface area contributed by atoms with Crippen LogP contribution in [0.15, 0.2) is 18.3 Å². The number of aromatic nitrogens is 3. The Kier molecular flexibility index (Phi) is 4.58. The summed E-state index contributed by atoms with van der Waals surface area (Å²) >= 11 is 0. The van der Waals surface area contributed by atoms with E-state index < -0.39 is 13.0 Å². The normalized spacial score (nSPS) is 26.4. The number of amides is 1. The summed E-state index contributed by atoms with van der Waals surface area (Å²) in [4.78, 5) is 19.2. The molecule has 1 amide bonds. The van der Waals surface area contributed by atoms with E-state index in [1.165, 1.54) is 6.20 Å². The lowest BCUT2D eigenvalue weighted by Crippen LogP contribution is -2.59. The van der Waals surface area contributed by atoms with Crippen LogP contribution in [0, 0.1) is 0 Å². The van der Waals surface area contributed by atoms with E-state index in [9.17, 15) is 13.6 Å². The summed E-state index contributed by atoms with van der Waals surface area (Å²) in [7, 11) is 2.08. The zero-order valence-corrected chi connectivity index (χ0v) is 14.4. The third-order valence-electron chi connectivity index (χ3n) is 5.25. The molecule has 7 nitrogen and oxygen atoms in total. The molecule has 0 spiro atoms. The third-order valence-corrected chi connectivity index (χ3v) is 5.25. The number of likely N-dealkylation sites (N-methyl/N-ethyl adjacent to an activating group) is 1. The van der Waals surface area contributed by atoms with Crippen molar-refractivity contribution in [2.45, 2.75) is 43.9 Å². The van der Waals surface area contributed by atoms with Gasteiger partial charge in [0.15, 0.2) is 11.3 Å². The van der Waals surface area contributed by atoms with Crippen molar-refractivity contribution in [3.63, 3.8) is 0 Å². The van der Waals surface area contributed by atoms with Gasteiger partial charge in [0.1, 0.15) is 6.54 Å². The molecule has 2 aliphatic rings. The number of carbonyl (C=O) groups excluding carboxylic acids is 1. The van der Waals surface area contributed by atoms with Gasteiger partial charge in [0.05, 0.1) is 18.6 Å². The van der Waals surface area contributed by atoms with Crippen molar-refractivity contribution in [3.8, 4) is 0 Å². The number of nitrogens with one attached hydrogen (secondary N) is 1. The van der Waals surface area contributed by atoms with Gasteiger partial charge in [-0.05, 0) is 32.0 Å². The number of hydrogen-bond donors (Lipinski definition) is 1. The summed E-state index contributed by atoms with van der Waals surface area (Å²) < 4.78 is 32.3. The Hall–Kier alpha value is -2.13. The van der Waals surface area contributed by atoms with Crippen molar-refractivity contribution in [1.82, 2.24) is 25.0 Å². The highest BCUT2D eigenvalue weighted by Crippen LogP contribution is 2.26. The summed E-state index contributed by atoms with van der Waals surface area (Å²) in [5.41, 5.74) is 0.445. The number of pyridine rings is 1. The lowest BCUT2D eigenvalue weighted by Gasteiger charge is -2.46. The Morgan fingerprint density at radius 2 is 2.12 bits per heavy atom. The van der Waals surface area contributed by atoms with Crippen LogP contribution in [0.2, 0.25) is 0 Å². The van der Waals surface area contributed by atoms with Crippen LogP contribution >= 0.6 is 0 Å². The number of carbonyl (C=O) groups is 1. The molecule has 2 aliphatic heterocycles. The number of fused-ring (bicyclic) bond motifs is 3. The number of alkyl halides is 2. The molecule has 0 saturated carbocycles. The van der Waals surface area contributed by atoms with Crippen molar-refractivity contribution in [3.05, 3.63) is 24.0 Å². The van der Waals surface area contributed by atoms with Crippen molar-refractivity contribution < 1.29 is 18.3 Å². The fourth-order valence-corrected chi connectivity index (χ4v) is 3.90. The fourth-order valence-electron chi connectivity index (χ4n) is 3.90. The molecule has 140 valence electrons. The van der Waals surface area contributed by atoms with E-state index in [-0.39, 0.29) is 29.7 Å². The quantitative estimate of drug-likeness (QED) is 0.884. The molecule has 4 heterocycles. The highest BCUT2D eigenvalue weighted by atomic mass is 19.3. The second-order valence-electron chi connectivity index (χ2n) is 6.95. The maximum atomic E-state index is 12.8. The summed E-state index contributed by atoms with van der Waals surface area (Å²) in [6.45, 7) is 0.737. The molecule has 0 aromatic carbocycles. The van der Waals surface area contributed by atoms with Crippen LogP contribution in [-0.2, 0) is 11.3 Å². The SMILES string of the molecule is CN1C2COCC1CC(NC(=O)c1nn(CC(F)F)c3ncccc13)C2. The van der Waals surface area contributed by atoms with E-state index >= 15 is 0 Å². The molecule has 2 atom stereocenters. The van der Waals surface area contributed by atoms with Crippen molar-refractivity contribution in [2.24, 2.45) is 0 Å². The first kappa shape index (κ1) is 17.3. The first-order valence-electron chi connectivity index (χ1n) is 8.73. The monoisotopic (exact) mass is 365 g/mol. The maximum absolute atomic E-state index is 12.8. The minimum Gasteiger partial charge on any atom is -0.378 e. The molecule has 26 heavy (non-hydrogen) atoms. The standard InChI is InChI=1S/C17H21F2N5O2/c1-23-11-5-10(6-12(23)9-26-8-11)21-17(25)15-13-3-2-4-20-16(13)24(22-15)7-14(18)19/h2-4,10-12,14H,5-9H2,1H3,(H,21,25). The topological polar surface area (TPSA) is 72.3 Å². The number of morpholine rings is 1. The number of hydrogen-bond acceptors (Lipinski definition) is 5. The Labute approximate surface area is 149 Å². The number of piperidine rings is 1. The lowest BCUT2D eigenvalue weighted by atomic mass is 9.90. The van der Waals surface area contributed by atoms with E-state index in [2.05, 4.69) is 27.3 Å². The van der Waals surface area contributed by atoms with Gasteiger partial charge in [0.2, 0.25) is 0 Å². The predicted molar refractivity (Wildman–Crippen MR) is 90.2 cm³/mol. The average molecular weight is 365 g/mol. The molecule has 1 N–H and O–H groups in total. The summed E-state index contributed by atoms with van der Waals surface area (Å²) in [5, 5.41) is 7.63. The number of nitrogens with zero attached hydrogens (tertiary/aromatic N) is 4. The van der Waals surface area contributed by atoms with E-state index in [0.29, 0.717) is 24.2 Å². The maximum Gasteiger partial charge on any atom is 0.272 e. The second-order valence-corrected chi connectivity index (χ2v) is 6.95. The van der Waals surface area contributed by atoms with Gasteiger partial charge < -0.3 is 10.1 Å². The molecule has 2 aromatic heterocycles. The molecular weight excluding hydrogens is 344 g/mol. The number of rotatable bonds is 4. The van der Waals surface area contributed by atoms with Crippen LogP contribution < -0.4 is 5.32 Å². The van der Waals surface area contributed by atoms with Gasteiger partial charge in [-0.2, -0.15) is 5.10 Å². The van der Waals surface area contributed by atoms with Crippen molar-refractivity contribution in [1.29, 1.82) is 0 Å². The molecular formula is C17H21F2N5O2. The van der Waals surface area contributed by atoms with E-state index in [0.717, 1.165) is 17.5 Å². The fraction of sp³-hybridized carbons (Fsp3) is 0.588. The van der Waals surface area contributed by atoms with Gasteiger partial charge in [0, 0.05) is 24.3 Å². The Balaban J connectivity index is 1.55. The van der Waals surface area contributed by atoms with E-state index in [1.807, 2.05) is 0 Å². The van der Waals surface area contributed by atoms with Crippen LogP contribution in [0.5, 0.6) is 0 Å². The number of halogens is 2. The molecule has 2 bridgehead atoms. The Morgan fingerprint density at radius 3 is 2.81 bits per heavy atom. The van der Waals surface area contributed by atoms with Crippen LogP contribution in [-0.4, -0.2) is 70.4 Å². The highest BCUT2D eigenvalue weighted by Gasteiger charge is 2.37. The zero-order chi connectivity index (χ0) is 18.3. The molecule has 2 fully saturated rings. The van der Waals surface area contributed by atoms with Crippen LogP contribution in [0.25, 0.3) is 11.0 Å². The van der Waals surface area contributed by atoms with Gasteiger partial charge >= 0.3 is 0 Å². The molecule has 9 heteroatoms.